The summed E-state index contributed by atoms with van der Waals surface area (Å²) >= 11 is 0. The first kappa shape index (κ1) is 13.9. The minimum absolute atomic E-state index is 0.138. The van der Waals surface area contributed by atoms with E-state index in [1.807, 2.05) is 12.1 Å². The molecule has 1 aliphatic heterocycles. The van der Waals surface area contributed by atoms with Gasteiger partial charge in [0.05, 0.1) is 12.2 Å². The van der Waals surface area contributed by atoms with E-state index in [1.165, 1.54) is 11.1 Å². The number of ether oxygens (including phenoxy) is 1. The first-order chi connectivity index (χ1) is 10.1. The molecule has 0 amide bonds. The monoisotopic (exact) mass is 280 g/mol. The predicted octanol–water partition coefficient (Wildman–Crippen LogP) is 4.05. The number of carbonyl (C=O) groups excluding carboxylic acids is 1. The smallest absolute Gasteiger partial charge is 0.170 e. The quantitative estimate of drug-likeness (QED) is 0.793. The molecule has 0 N–H and O–H groups in total. The highest BCUT2D eigenvalue weighted by atomic mass is 16.5. The Balaban J connectivity index is 1.89. The molecule has 0 radical (unpaired) electrons. The molecular formula is C19H20O2. The summed E-state index contributed by atoms with van der Waals surface area (Å²) < 4.78 is 5.74. The normalized spacial score (nSPS) is 13.4. The lowest BCUT2D eigenvalue weighted by atomic mass is 9.96. The van der Waals surface area contributed by atoms with Gasteiger partial charge in [0.2, 0.25) is 0 Å². The fraction of sp³-hybridized carbons (Fsp3) is 0.316. The molecule has 2 heteroatoms. The van der Waals surface area contributed by atoms with E-state index < -0.39 is 0 Å². The number of Topliss-reactive ketones (excluding diaryl/α,β-unsaturated/α-hetero) is 1. The molecule has 2 nitrogen and oxygen atoms in total. The van der Waals surface area contributed by atoms with Crippen LogP contribution in [-0.2, 0) is 12.8 Å². The molecule has 0 unspecified atom stereocenters. The number of carbonyl (C=O) groups is 1. The SMILES string of the molecule is Cc1cc(C)cc(CC(=O)c2cccc3c2OCCC3)c1. The van der Waals surface area contributed by atoms with Crippen LogP contribution in [0.3, 0.4) is 0 Å². The van der Waals surface area contributed by atoms with E-state index in [4.69, 9.17) is 4.74 Å². The van der Waals surface area contributed by atoms with E-state index in [-0.39, 0.29) is 5.78 Å². The Morgan fingerprint density at radius 3 is 2.67 bits per heavy atom. The van der Waals surface area contributed by atoms with Crippen molar-refractivity contribution in [1.29, 1.82) is 0 Å². The van der Waals surface area contributed by atoms with Gasteiger partial charge in [-0.2, -0.15) is 0 Å². The van der Waals surface area contributed by atoms with Crippen LogP contribution in [0.5, 0.6) is 5.75 Å². The van der Waals surface area contributed by atoms with Gasteiger partial charge in [-0.1, -0.05) is 41.5 Å². The summed E-state index contributed by atoms with van der Waals surface area (Å²) in [5.74, 6) is 0.942. The second-order valence-electron chi connectivity index (χ2n) is 5.84. The predicted molar refractivity (Wildman–Crippen MR) is 84.2 cm³/mol. The molecule has 2 aromatic rings. The van der Waals surface area contributed by atoms with Crippen molar-refractivity contribution >= 4 is 5.78 Å². The van der Waals surface area contributed by atoms with Crippen LogP contribution < -0.4 is 4.74 Å². The van der Waals surface area contributed by atoms with Crippen LogP contribution in [0.2, 0.25) is 0 Å². The Bertz CT molecular complexity index is 666. The van der Waals surface area contributed by atoms with Crippen LogP contribution in [0, 0.1) is 13.8 Å². The maximum Gasteiger partial charge on any atom is 0.170 e. The lowest BCUT2D eigenvalue weighted by Gasteiger charge is -2.19. The summed E-state index contributed by atoms with van der Waals surface area (Å²) in [6.45, 7) is 4.84. The first-order valence-electron chi connectivity index (χ1n) is 7.48. The maximum atomic E-state index is 12.6. The van der Waals surface area contributed by atoms with Crippen LogP contribution in [-0.4, -0.2) is 12.4 Å². The summed E-state index contributed by atoms with van der Waals surface area (Å²) in [5, 5.41) is 0. The van der Waals surface area contributed by atoms with Crippen molar-refractivity contribution in [3.63, 3.8) is 0 Å². The van der Waals surface area contributed by atoms with E-state index in [1.54, 1.807) is 0 Å². The average Bonchev–Trinajstić information content (AvgIpc) is 2.45. The third-order valence-electron chi connectivity index (χ3n) is 3.88. The molecule has 3 rings (SSSR count). The summed E-state index contributed by atoms with van der Waals surface area (Å²) in [7, 11) is 0. The highest BCUT2D eigenvalue weighted by Gasteiger charge is 2.19. The fourth-order valence-corrected chi connectivity index (χ4v) is 3.06. The van der Waals surface area contributed by atoms with Crippen molar-refractivity contribution in [1.82, 2.24) is 0 Å². The third-order valence-corrected chi connectivity index (χ3v) is 3.88. The molecule has 0 aliphatic carbocycles. The van der Waals surface area contributed by atoms with Gasteiger partial charge in [0.25, 0.3) is 0 Å². The zero-order valence-electron chi connectivity index (χ0n) is 12.6. The molecule has 1 aliphatic rings. The summed E-state index contributed by atoms with van der Waals surface area (Å²) in [6, 6.07) is 12.2. The minimum atomic E-state index is 0.138. The van der Waals surface area contributed by atoms with Crippen molar-refractivity contribution in [2.75, 3.05) is 6.61 Å². The van der Waals surface area contributed by atoms with Crippen molar-refractivity contribution in [3.05, 3.63) is 64.2 Å². The molecule has 108 valence electrons. The molecular weight excluding hydrogens is 260 g/mol. The Morgan fingerprint density at radius 1 is 1.14 bits per heavy atom. The van der Waals surface area contributed by atoms with Crippen LogP contribution in [0.15, 0.2) is 36.4 Å². The van der Waals surface area contributed by atoms with Gasteiger partial charge in [-0.25, -0.2) is 0 Å². The zero-order valence-corrected chi connectivity index (χ0v) is 12.6. The number of hydrogen-bond acceptors (Lipinski definition) is 2. The van der Waals surface area contributed by atoms with E-state index in [0.29, 0.717) is 13.0 Å². The fourth-order valence-electron chi connectivity index (χ4n) is 3.06. The molecule has 2 aromatic carbocycles. The minimum Gasteiger partial charge on any atom is -0.493 e. The van der Waals surface area contributed by atoms with Crippen LogP contribution in [0.25, 0.3) is 0 Å². The van der Waals surface area contributed by atoms with E-state index >= 15 is 0 Å². The standard InChI is InChI=1S/C19H20O2/c1-13-9-14(2)11-15(10-13)12-18(20)17-7-3-5-16-6-4-8-21-19(16)17/h3,5,7,9-11H,4,6,8,12H2,1-2H3. The molecule has 1 heterocycles. The Morgan fingerprint density at radius 2 is 1.90 bits per heavy atom. The molecule has 0 atom stereocenters. The van der Waals surface area contributed by atoms with Gasteiger partial charge in [0, 0.05) is 6.42 Å². The molecule has 0 fully saturated rings. The lowest BCUT2D eigenvalue weighted by molar-refractivity contribution is 0.0988. The molecule has 0 bridgehead atoms. The molecule has 0 saturated heterocycles. The second kappa shape index (κ2) is 5.72. The van der Waals surface area contributed by atoms with Crippen molar-refractivity contribution in [2.24, 2.45) is 0 Å². The van der Waals surface area contributed by atoms with Crippen molar-refractivity contribution in [2.45, 2.75) is 33.1 Å². The number of benzene rings is 2. The second-order valence-corrected chi connectivity index (χ2v) is 5.84. The zero-order chi connectivity index (χ0) is 14.8. The highest BCUT2D eigenvalue weighted by molar-refractivity contribution is 6.00. The van der Waals surface area contributed by atoms with E-state index in [0.717, 1.165) is 35.3 Å². The molecule has 0 saturated carbocycles. The summed E-state index contributed by atoms with van der Waals surface area (Å²) in [4.78, 5) is 12.6. The molecule has 21 heavy (non-hydrogen) atoms. The Labute approximate surface area is 125 Å². The summed E-state index contributed by atoms with van der Waals surface area (Å²) in [6.07, 6.45) is 2.46. The number of fused-ring (bicyclic) bond motifs is 1. The van der Waals surface area contributed by atoms with Gasteiger partial charge in [0.15, 0.2) is 5.78 Å². The third kappa shape index (κ3) is 2.99. The van der Waals surface area contributed by atoms with E-state index in [2.05, 4.69) is 38.1 Å². The number of hydrogen-bond donors (Lipinski definition) is 0. The molecule has 0 aromatic heterocycles. The number of para-hydroxylation sites is 1. The molecule has 0 spiro atoms. The maximum absolute atomic E-state index is 12.6. The van der Waals surface area contributed by atoms with Gasteiger partial charge in [-0.15, -0.1) is 0 Å². The van der Waals surface area contributed by atoms with Crippen LogP contribution in [0.4, 0.5) is 0 Å². The Kier molecular flexibility index (Phi) is 3.78. The first-order valence-corrected chi connectivity index (χ1v) is 7.48. The van der Waals surface area contributed by atoms with Gasteiger partial charge in [0.1, 0.15) is 5.75 Å². The largest absolute Gasteiger partial charge is 0.493 e. The topological polar surface area (TPSA) is 26.3 Å². The van der Waals surface area contributed by atoms with Gasteiger partial charge < -0.3 is 4.74 Å². The lowest BCUT2D eigenvalue weighted by Crippen LogP contribution is -2.14. The van der Waals surface area contributed by atoms with Crippen LogP contribution >= 0.6 is 0 Å². The van der Waals surface area contributed by atoms with Gasteiger partial charge in [-0.05, 0) is 43.9 Å². The Hall–Kier alpha value is -2.09. The highest BCUT2D eigenvalue weighted by Crippen LogP contribution is 2.29. The van der Waals surface area contributed by atoms with Crippen molar-refractivity contribution < 1.29 is 9.53 Å². The van der Waals surface area contributed by atoms with Gasteiger partial charge in [-0.3, -0.25) is 4.79 Å². The van der Waals surface area contributed by atoms with Crippen molar-refractivity contribution in [3.8, 4) is 5.75 Å². The number of rotatable bonds is 3. The average molecular weight is 280 g/mol. The van der Waals surface area contributed by atoms with Crippen LogP contribution in [0.1, 0.15) is 39.0 Å². The van der Waals surface area contributed by atoms with E-state index in [9.17, 15) is 4.79 Å². The van der Waals surface area contributed by atoms with Gasteiger partial charge >= 0.3 is 0 Å². The number of aryl methyl sites for hydroxylation is 3. The number of ketones is 1. The summed E-state index contributed by atoms with van der Waals surface area (Å²) in [5.41, 5.74) is 5.36.